The maximum absolute atomic E-state index is 12.7. The van der Waals surface area contributed by atoms with Crippen LogP contribution in [0.5, 0.6) is 0 Å². The summed E-state index contributed by atoms with van der Waals surface area (Å²) in [5, 5.41) is 2.85. The van der Waals surface area contributed by atoms with Crippen LogP contribution in [0.3, 0.4) is 0 Å². The van der Waals surface area contributed by atoms with Crippen LogP contribution in [0.15, 0.2) is 24.3 Å². The van der Waals surface area contributed by atoms with Crippen LogP contribution in [0.4, 0.5) is 18.9 Å². The van der Waals surface area contributed by atoms with Crippen LogP contribution in [0.25, 0.3) is 0 Å². The summed E-state index contributed by atoms with van der Waals surface area (Å²) >= 11 is 0. The lowest BCUT2D eigenvalue weighted by Gasteiger charge is -2.27. The lowest BCUT2D eigenvalue weighted by molar-refractivity contribution is -0.185. The molecule has 5 nitrogen and oxygen atoms in total. The first-order valence-electron chi connectivity index (χ1n) is 9.22. The number of benzene rings is 1. The van der Waals surface area contributed by atoms with Gasteiger partial charge in [-0.15, -0.1) is 0 Å². The molecule has 0 aromatic heterocycles. The minimum absolute atomic E-state index is 0.0606. The molecule has 0 spiro atoms. The van der Waals surface area contributed by atoms with Gasteiger partial charge in [0.25, 0.3) is 0 Å². The number of nitrogens with two attached hydrogens (primary N) is 1. The third-order valence-electron chi connectivity index (χ3n) is 5.76. The van der Waals surface area contributed by atoms with E-state index in [1.54, 1.807) is 24.3 Å². The molecule has 148 valence electrons. The number of fused-ring (bicyclic) bond motifs is 2. The van der Waals surface area contributed by atoms with Gasteiger partial charge in [-0.05, 0) is 55.7 Å². The summed E-state index contributed by atoms with van der Waals surface area (Å²) in [4.78, 5) is 24.8. The van der Waals surface area contributed by atoms with Crippen molar-refractivity contribution >= 4 is 17.5 Å². The zero-order chi connectivity index (χ0) is 19.8. The van der Waals surface area contributed by atoms with E-state index in [9.17, 15) is 22.8 Å². The van der Waals surface area contributed by atoms with E-state index in [4.69, 9.17) is 5.73 Å². The van der Waals surface area contributed by atoms with Crippen LogP contribution in [0.1, 0.15) is 31.7 Å². The number of amides is 2. The fourth-order valence-corrected chi connectivity index (χ4v) is 4.42. The summed E-state index contributed by atoms with van der Waals surface area (Å²) in [7, 11) is 0. The number of hydrogen-bond donors (Lipinski definition) is 2. The quantitative estimate of drug-likeness (QED) is 0.821. The number of alkyl halides is 3. The van der Waals surface area contributed by atoms with Gasteiger partial charge in [-0.3, -0.25) is 9.59 Å². The minimum atomic E-state index is -4.90. The molecule has 8 heteroatoms. The number of carbonyl (C=O) groups is 2. The van der Waals surface area contributed by atoms with Gasteiger partial charge in [-0.1, -0.05) is 12.1 Å². The Kier molecular flexibility index (Phi) is 5.46. The van der Waals surface area contributed by atoms with Gasteiger partial charge in [-0.25, -0.2) is 0 Å². The van der Waals surface area contributed by atoms with Crippen LogP contribution in [-0.4, -0.2) is 35.5 Å². The van der Waals surface area contributed by atoms with Gasteiger partial charge in [0.2, 0.25) is 5.91 Å². The zero-order valence-electron chi connectivity index (χ0n) is 15.1. The summed E-state index contributed by atoms with van der Waals surface area (Å²) in [6.45, 7) is 1.26. The topological polar surface area (TPSA) is 75.4 Å². The van der Waals surface area contributed by atoms with Crippen LogP contribution in [0, 0.1) is 17.8 Å². The molecule has 4 unspecified atom stereocenters. The Morgan fingerprint density at radius 3 is 2.56 bits per heavy atom. The van der Waals surface area contributed by atoms with Crippen molar-refractivity contribution in [3.05, 3.63) is 29.8 Å². The molecule has 2 bridgehead atoms. The highest BCUT2D eigenvalue weighted by Gasteiger charge is 2.49. The maximum Gasteiger partial charge on any atom is 0.471 e. The molecule has 1 aromatic carbocycles. The van der Waals surface area contributed by atoms with E-state index >= 15 is 0 Å². The average Bonchev–Trinajstić information content (AvgIpc) is 3.19. The van der Waals surface area contributed by atoms with E-state index in [1.165, 1.54) is 6.92 Å². The summed E-state index contributed by atoms with van der Waals surface area (Å²) < 4.78 is 38.0. The molecule has 27 heavy (non-hydrogen) atoms. The second-order valence-corrected chi connectivity index (χ2v) is 7.44. The van der Waals surface area contributed by atoms with Gasteiger partial charge >= 0.3 is 12.1 Å². The molecule has 2 amide bonds. The molecule has 0 saturated heterocycles. The summed E-state index contributed by atoms with van der Waals surface area (Å²) in [5.74, 6) is -1.50. The maximum atomic E-state index is 12.7. The van der Waals surface area contributed by atoms with Gasteiger partial charge in [0.05, 0.1) is 5.92 Å². The number of carbonyl (C=O) groups excluding carboxylic acids is 2. The highest BCUT2D eigenvalue weighted by molar-refractivity contribution is 5.93. The predicted molar refractivity (Wildman–Crippen MR) is 94.5 cm³/mol. The van der Waals surface area contributed by atoms with Crippen molar-refractivity contribution < 1.29 is 22.8 Å². The Labute approximate surface area is 156 Å². The van der Waals surface area contributed by atoms with Crippen molar-refractivity contribution in [2.24, 2.45) is 23.5 Å². The predicted octanol–water partition coefficient (Wildman–Crippen LogP) is 2.91. The molecule has 2 aliphatic carbocycles. The fraction of sp³-hybridized carbons (Fsp3) is 0.579. The Morgan fingerprint density at radius 2 is 1.96 bits per heavy atom. The lowest BCUT2D eigenvalue weighted by atomic mass is 9.84. The van der Waals surface area contributed by atoms with Gasteiger partial charge in [0.1, 0.15) is 0 Å². The van der Waals surface area contributed by atoms with Crippen LogP contribution >= 0.6 is 0 Å². The molecule has 0 aliphatic heterocycles. The molecule has 0 heterocycles. The molecule has 0 radical (unpaired) electrons. The number of nitrogens with one attached hydrogen (secondary N) is 1. The fourth-order valence-electron chi connectivity index (χ4n) is 4.42. The molecular weight excluding hydrogens is 359 g/mol. The standard InChI is InChI=1S/C19H24F3N3O2/c1-2-25(18(27)19(20,21)22)10-11-4-3-5-14(8-11)24-17(26)15-12-6-7-13(9-12)16(15)23/h3-5,8,12-13,15-16H,2,6-7,9-10,23H2,1H3,(H,24,26). The van der Waals surface area contributed by atoms with Crippen LogP contribution in [-0.2, 0) is 16.1 Å². The minimum Gasteiger partial charge on any atom is -0.331 e. The van der Waals surface area contributed by atoms with Gasteiger partial charge in [0, 0.05) is 24.8 Å². The monoisotopic (exact) mass is 383 g/mol. The van der Waals surface area contributed by atoms with Crippen molar-refractivity contribution in [2.75, 3.05) is 11.9 Å². The normalized spacial score (nSPS) is 26.9. The van der Waals surface area contributed by atoms with Crippen molar-refractivity contribution in [2.45, 2.75) is 44.9 Å². The molecule has 3 N–H and O–H groups in total. The molecule has 3 rings (SSSR count). The smallest absolute Gasteiger partial charge is 0.331 e. The van der Waals surface area contributed by atoms with E-state index < -0.39 is 12.1 Å². The van der Waals surface area contributed by atoms with E-state index in [0.29, 0.717) is 23.1 Å². The first-order chi connectivity index (χ1) is 12.7. The van der Waals surface area contributed by atoms with Crippen molar-refractivity contribution in [3.63, 3.8) is 0 Å². The van der Waals surface area contributed by atoms with Crippen molar-refractivity contribution in [3.8, 4) is 0 Å². The van der Waals surface area contributed by atoms with Gasteiger partial charge in [0.15, 0.2) is 0 Å². The molecule has 2 fully saturated rings. The van der Waals surface area contributed by atoms with Gasteiger partial charge in [-0.2, -0.15) is 13.2 Å². The number of hydrogen-bond acceptors (Lipinski definition) is 3. The zero-order valence-corrected chi connectivity index (χ0v) is 15.1. The van der Waals surface area contributed by atoms with Crippen molar-refractivity contribution in [1.82, 2.24) is 4.90 Å². The van der Waals surface area contributed by atoms with E-state index in [1.807, 2.05) is 0 Å². The molecule has 2 saturated carbocycles. The van der Waals surface area contributed by atoms with Crippen molar-refractivity contribution in [1.29, 1.82) is 0 Å². The van der Waals surface area contributed by atoms with E-state index in [2.05, 4.69) is 5.32 Å². The third kappa shape index (κ3) is 4.10. The first kappa shape index (κ1) is 19.7. The number of nitrogens with zero attached hydrogens (tertiary/aromatic N) is 1. The number of halogens is 3. The first-order valence-corrected chi connectivity index (χ1v) is 9.22. The van der Waals surface area contributed by atoms with E-state index in [-0.39, 0.29) is 31.0 Å². The molecule has 1 aromatic rings. The molecule has 4 atom stereocenters. The highest BCUT2D eigenvalue weighted by Crippen LogP contribution is 2.47. The number of rotatable bonds is 5. The second-order valence-electron chi connectivity index (χ2n) is 7.44. The average molecular weight is 383 g/mol. The highest BCUT2D eigenvalue weighted by atomic mass is 19.4. The summed E-state index contributed by atoms with van der Waals surface area (Å²) in [5.41, 5.74) is 7.22. The Bertz CT molecular complexity index is 720. The Morgan fingerprint density at radius 1 is 1.26 bits per heavy atom. The SMILES string of the molecule is CCN(Cc1cccc(NC(=O)C2C3CCC(C3)C2N)c1)C(=O)C(F)(F)F. The summed E-state index contributed by atoms with van der Waals surface area (Å²) in [6, 6.07) is 6.43. The van der Waals surface area contributed by atoms with E-state index in [0.717, 1.165) is 24.2 Å². The lowest BCUT2D eigenvalue weighted by Crippen LogP contribution is -2.42. The Balaban J connectivity index is 1.67. The van der Waals surface area contributed by atoms with Crippen LogP contribution in [0.2, 0.25) is 0 Å². The summed E-state index contributed by atoms with van der Waals surface area (Å²) in [6.07, 6.45) is -1.82. The molecule has 2 aliphatic rings. The second kappa shape index (κ2) is 7.50. The number of anilines is 1. The molecular formula is C19H24F3N3O2. The van der Waals surface area contributed by atoms with Crippen LogP contribution < -0.4 is 11.1 Å². The largest absolute Gasteiger partial charge is 0.471 e. The third-order valence-corrected chi connectivity index (χ3v) is 5.76. The Hall–Kier alpha value is -2.09. The van der Waals surface area contributed by atoms with Gasteiger partial charge < -0.3 is 16.0 Å².